The zero-order valence-electron chi connectivity index (χ0n) is 12.8. The van der Waals surface area contributed by atoms with Crippen molar-refractivity contribution in [1.82, 2.24) is 9.78 Å². The summed E-state index contributed by atoms with van der Waals surface area (Å²) in [6.45, 7) is 8.60. The molecule has 0 amide bonds. The van der Waals surface area contributed by atoms with E-state index in [9.17, 15) is 0 Å². The van der Waals surface area contributed by atoms with Gasteiger partial charge in [0, 0.05) is 6.04 Å². The number of aryl methyl sites for hydroxylation is 2. The summed E-state index contributed by atoms with van der Waals surface area (Å²) in [6, 6.07) is 9.59. The highest BCUT2D eigenvalue weighted by Crippen LogP contribution is 2.35. The number of hydrogen-bond donors (Lipinski definition) is 1. The average Bonchev–Trinajstić information content (AvgIpc) is 2.95. The van der Waals surface area contributed by atoms with E-state index in [-0.39, 0.29) is 0 Å². The number of fused-ring (bicyclic) bond motifs is 1. The highest BCUT2D eigenvalue weighted by molar-refractivity contribution is 5.55. The molecule has 1 aromatic heterocycles. The minimum Gasteiger partial charge on any atom is -0.375 e. The lowest BCUT2D eigenvalue weighted by atomic mass is 10.1. The highest BCUT2D eigenvalue weighted by Gasteiger charge is 2.24. The zero-order valence-corrected chi connectivity index (χ0v) is 12.8. The predicted octanol–water partition coefficient (Wildman–Crippen LogP) is 4.18. The van der Waals surface area contributed by atoms with Crippen molar-refractivity contribution in [2.75, 3.05) is 5.32 Å². The highest BCUT2D eigenvalue weighted by atomic mass is 15.3. The Morgan fingerprint density at radius 1 is 1.25 bits per heavy atom. The fourth-order valence-electron chi connectivity index (χ4n) is 3.26. The van der Waals surface area contributed by atoms with E-state index >= 15 is 0 Å². The summed E-state index contributed by atoms with van der Waals surface area (Å²) in [5.74, 6) is 0. The van der Waals surface area contributed by atoms with Gasteiger partial charge >= 0.3 is 0 Å². The van der Waals surface area contributed by atoms with Gasteiger partial charge in [-0.25, -0.2) is 0 Å². The monoisotopic (exact) mass is 269 g/mol. The zero-order chi connectivity index (χ0) is 14.3. The van der Waals surface area contributed by atoms with Gasteiger partial charge in [0.25, 0.3) is 0 Å². The number of benzene rings is 1. The molecule has 0 radical (unpaired) electrons. The Bertz CT molecular complexity index is 625. The summed E-state index contributed by atoms with van der Waals surface area (Å²) in [5, 5.41) is 8.39. The summed E-state index contributed by atoms with van der Waals surface area (Å²) in [5.41, 5.74) is 6.48. The van der Waals surface area contributed by atoms with Gasteiger partial charge in [0.05, 0.1) is 23.1 Å². The van der Waals surface area contributed by atoms with Gasteiger partial charge in [0.2, 0.25) is 0 Å². The quantitative estimate of drug-likeness (QED) is 0.906. The molecule has 1 atom stereocenters. The SMILES string of the molecule is Cc1nn(C(C)C)c(C)c1NC1CCc2ccccc21. The molecule has 1 heterocycles. The maximum atomic E-state index is 4.66. The molecular weight excluding hydrogens is 246 g/mol. The third-order valence-electron chi connectivity index (χ3n) is 4.27. The molecule has 1 N–H and O–H groups in total. The van der Waals surface area contributed by atoms with Crippen LogP contribution in [-0.2, 0) is 6.42 Å². The number of nitrogens with one attached hydrogen (secondary N) is 1. The van der Waals surface area contributed by atoms with Crippen LogP contribution in [-0.4, -0.2) is 9.78 Å². The molecule has 0 aliphatic heterocycles. The number of anilines is 1. The maximum absolute atomic E-state index is 4.66. The second-order valence-electron chi connectivity index (χ2n) is 6.02. The first-order valence-electron chi connectivity index (χ1n) is 7.48. The summed E-state index contributed by atoms with van der Waals surface area (Å²) in [7, 11) is 0. The lowest BCUT2D eigenvalue weighted by Gasteiger charge is -2.16. The molecule has 0 saturated carbocycles. The number of rotatable bonds is 3. The van der Waals surface area contributed by atoms with E-state index in [1.165, 1.54) is 35.3 Å². The van der Waals surface area contributed by atoms with Crippen molar-refractivity contribution in [3.8, 4) is 0 Å². The standard InChI is InChI=1S/C17H23N3/c1-11(2)20-13(4)17(12(3)19-20)18-16-10-9-14-7-5-6-8-15(14)16/h5-8,11,16,18H,9-10H2,1-4H3. The summed E-state index contributed by atoms with van der Waals surface area (Å²) in [4.78, 5) is 0. The molecule has 3 nitrogen and oxygen atoms in total. The van der Waals surface area contributed by atoms with E-state index in [0.29, 0.717) is 12.1 Å². The fraction of sp³-hybridized carbons (Fsp3) is 0.471. The molecular formula is C17H23N3. The van der Waals surface area contributed by atoms with Crippen molar-refractivity contribution < 1.29 is 0 Å². The van der Waals surface area contributed by atoms with Gasteiger partial charge in [-0.2, -0.15) is 5.10 Å². The van der Waals surface area contributed by atoms with Crippen molar-refractivity contribution in [3.05, 3.63) is 46.8 Å². The lowest BCUT2D eigenvalue weighted by molar-refractivity contribution is 0.516. The average molecular weight is 269 g/mol. The van der Waals surface area contributed by atoms with Crippen LogP contribution in [0.15, 0.2) is 24.3 Å². The molecule has 1 unspecified atom stereocenters. The van der Waals surface area contributed by atoms with Crippen LogP contribution in [0.4, 0.5) is 5.69 Å². The molecule has 1 aromatic carbocycles. The Morgan fingerprint density at radius 3 is 2.70 bits per heavy atom. The summed E-state index contributed by atoms with van der Waals surface area (Å²) in [6.07, 6.45) is 2.34. The lowest BCUT2D eigenvalue weighted by Crippen LogP contribution is -2.09. The number of nitrogens with zero attached hydrogens (tertiary/aromatic N) is 2. The molecule has 2 aromatic rings. The molecule has 1 aliphatic carbocycles. The third kappa shape index (κ3) is 2.11. The predicted molar refractivity (Wildman–Crippen MR) is 83.2 cm³/mol. The van der Waals surface area contributed by atoms with E-state index in [4.69, 9.17) is 0 Å². The van der Waals surface area contributed by atoms with Gasteiger partial charge in [0.15, 0.2) is 0 Å². The largest absolute Gasteiger partial charge is 0.375 e. The second kappa shape index (κ2) is 4.97. The van der Waals surface area contributed by atoms with Crippen molar-refractivity contribution in [3.63, 3.8) is 0 Å². The van der Waals surface area contributed by atoms with Gasteiger partial charge in [-0.05, 0) is 51.7 Å². The first kappa shape index (κ1) is 13.2. The summed E-state index contributed by atoms with van der Waals surface area (Å²) >= 11 is 0. The van der Waals surface area contributed by atoms with Crippen LogP contribution in [0.2, 0.25) is 0 Å². The van der Waals surface area contributed by atoms with Crippen LogP contribution >= 0.6 is 0 Å². The molecule has 0 bridgehead atoms. The van der Waals surface area contributed by atoms with E-state index < -0.39 is 0 Å². The number of aromatic nitrogens is 2. The van der Waals surface area contributed by atoms with E-state index in [1.807, 2.05) is 0 Å². The van der Waals surface area contributed by atoms with Crippen LogP contribution in [0.1, 0.15) is 54.9 Å². The Balaban J connectivity index is 1.90. The molecule has 20 heavy (non-hydrogen) atoms. The van der Waals surface area contributed by atoms with E-state index in [0.717, 1.165) is 5.69 Å². The fourth-order valence-corrected chi connectivity index (χ4v) is 3.26. The van der Waals surface area contributed by atoms with Crippen LogP contribution in [0, 0.1) is 13.8 Å². The van der Waals surface area contributed by atoms with Crippen LogP contribution in [0.3, 0.4) is 0 Å². The molecule has 0 fully saturated rings. The van der Waals surface area contributed by atoms with Gasteiger partial charge < -0.3 is 5.32 Å². The molecule has 1 aliphatic rings. The van der Waals surface area contributed by atoms with Crippen molar-refractivity contribution in [1.29, 1.82) is 0 Å². The van der Waals surface area contributed by atoms with E-state index in [1.54, 1.807) is 0 Å². The third-order valence-corrected chi connectivity index (χ3v) is 4.27. The minimum atomic E-state index is 0.403. The van der Waals surface area contributed by atoms with Crippen molar-refractivity contribution in [2.45, 2.75) is 52.6 Å². The molecule has 0 saturated heterocycles. The van der Waals surface area contributed by atoms with Gasteiger partial charge in [0.1, 0.15) is 0 Å². The van der Waals surface area contributed by atoms with E-state index in [2.05, 4.69) is 67.1 Å². The Kier molecular flexibility index (Phi) is 3.28. The first-order valence-corrected chi connectivity index (χ1v) is 7.48. The molecule has 3 heteroatoms. The van der Waals surface area contributed by atoms with Crippen LogP contribution in [0.5, 0.6) is 0 Å². The van der Waals surface area contributed by atoms with Crippen LogP contribution in [0.25, 0.3) is 0 Å². The maximum Gasteiger partial charge on any atom is 0.0828 e. The van der Waals surface area contributed by atoms with Gasteiger partial charge in [-0.15, -0.1) is 0 Å². The Labute approximate surface area is 121 Å². The topological polar surface area (TPSA) is 29.9 Å². The van der Waals surface area contributed by atoms with Crippen molar-refractivity contribution >= 4 is 5.69 Å². The molecule has 106 valence electrons. The van der Waals surface area contributed by atoms with Gasteiger partial charge in [-0.3, -0.25) is 4.68 Å². The first-order chi connectivity index (χ1) is 9.58. The van der Waals surface area contributed by atoms with Gasteiger partial charge in [-0.1, -0.05) is 24.3 Å². The molecule has 3 rings (SSSR count). The minimum absolute atomic E-state index is 0.403. The number of hydrogen-bond acceptors (Lipinski definition) is 2. The normalized spacial score (nSPS) is 17.6. The summed E-state index contributed by atoms with van der Waals surface area (Å²) < 4.78 is 2.11. The van der Waals surface area contributed by atoms with Crippen LogP contribution < -0.4 is 5.32 Å². The Morgan fingerprint density at radius 2 is 2.00 bits per heavy atom. The van der Waals surface area contributed by atoms with Crippen molar-refractivity contribution in [2.24, 2.45) is 0 Å². The smallest absolute Gasteiger partial charge is 0.0828 e. The Hall–Kier alpha value is -1.77. The molecule has 0 spiro atoms. The second-order valence-corrected chi connectivity index (χ2v) is 6.02.